The molecule has 3 aromatic rings. The van der Waals surface area contributed by atoms with Crippen LogP contribution in [0.3, 0.4) is 0 Å². The van der Waals surface area contributed by atoms with Gasteiger partial charge in [0.05, 0.1) is 0 Å². The molecule has 0 spiro atoms. The number of halogens is 2. The third-order valence-corrected chi connectivity index (χ3v) is 5.44. The van der Waals surface area contributed by atoms with Crippen molar-refractivity contribution in [1.29, 1.82) is 0 Å². The number of carbonyl (C=O) groups excluding carboxylic acids is 1. The fraction of sp³-hybridized carbons (Fsp3) is 0.200. The molecule has 0 bridgehead atoms. The van der Waals surface area contributed by atoms with Crippen LogP contribution >= 0.6 is 23.2 Å². The Kier molecular flexibility index (Phi) is 5.25. The van der Waals surface area contributed by atoms with E-state index in [9.17, 15) is 4.79 Å². The molecule has 1 N–H and O–H groups in total. The molecule has 148 valence electrons. The van der Waals surface area contributed by atoms with Crippen LogP contribution < -0.4 is 10.1 Å². The summed E-state index contributed by atoms with van der Waals surface area (Å²) in [5.41, 5.74) is 2.95. The zero-order valence-corrected chi connectivity index (χ0v) is 17.2. The van der Waals surface area contributed by atoms with Gasteiger partial charge in [0, 0.05) is 26.9 Å². The second-order valence-electron chi connectivity index (χ2n) is 6.63. The molecular formula is C20H17Cl2N5O2. The van der Waals surface area contributed by atoms with Gasteiger partial charge in [-0.1, -0.05) is 46.5 Å². The fourth-order valence-electron chi connectivity index (χ4n) is 3.35. The van der Waals surface area contributed by atoms with E-state index in [4.69, 9.17) is 27.9 Å². The number of carbonyl (C=O) groups is 1. The molecule has 1 aliphatic heterocycles. The molecule has 7 nitrogen and oxygen atoms in total. The first-order chi connectivity index (χ1) is 14.0. The molecule has 0 amide bonds. The van der Waals surface area contributed by atoms with Crippen molar-refractivity contribution in [2.75, 3.05) is 5.32 Å². The Bertz CT molecular complexity index is 1090. The topological polar surface area (TPSA) is 81.9 Å². The maximum Gasteiger partial charge on any atom is 0.248 e. The van der Waals surface area contributed by atoms with E-state index in [1.54, 1.807) is 22.9 Å². The summed E-state index contributed by atoms with van der Waals surface area (Å²) >= 11 is 12.4. The lowest BCUT2D eigenvalue weighted by Crippen LogP contribution is -2.27. The van der Waals surface area contributed by atoms with Gasteiger partial charge in [-0.3, -0.25) is 4.79 Å². The van der Waals surface area contributed by atoms with Crippen LogP contribution in [-0.4, -0.2) is 26.0 Å². The Hall–Kier alpha value is -2.90. The van der Waals surface area contributed by atoms with E-state index in [1.165, 1.54) is 6.92 Å². The number of allylic oxidation sites excluding steroid dienone is 2. The van der Waals surface area contributed by atoms with Gasteiger partial charge in [0.2, 0.25) is 5.95 Å². The van der Waals surface area contributed by atoms with Crippen molar-refractivity contribution in [2.45, 2.75) is 26.5 Å². The number of benzene rings is 2. The van der Waals surface area contributed by atoms with Crippen LogP contribution in [0.25, 0.3) is 0 Å². The summed E-state index contributed by atoms with van der Waals surface area (Å²) in [6.07, 6.45) is 0. The summed E-state index contributed by atoms with van der Waals surface area (Å²) in [5.74, 6) is 1.10. The third-order valence-electron chi connectivity index (χ3n) is 4.73. The van der Waals surface area contributed by atoms with Crippen molar-refractivity contribution in [3.05, 3.63) is 74.9 Å². The molecule has 1 aliphatic rings. The smallest absolute Gasteiger partial charge is 0.248 e. The Morgan fingerprint density at radius 1 is 1.17 bits per heavy atom. The molecular weight excluding hydrogens is 413 g/mol. The zero-order valence-electron chi connectivity index (χ0n) is 15.7. The fourth-order valence-corrected chi connectivity index (χ4v) is 3.86. The van der Waals surface area contributed by atoms with Gasteiger partial charge in [-0.25, -0.2) is 0 Å². The molecule has 1 unspecified atom stereocenters. The van der Waals surface area contributed by atoms with E-state index < -0.39 is 6.04 Å². The van der Waals surface area contributed by atoms with E-state index in [2.05, 4.69) is 20.8 Å². The van der Waals surface area contributed by atoms with Crippen LogP contribution in [0.5, 0.6) is 5.75 Å². The molecule has 9 heteroatoms. The predicted molar refractivity (Wildman–Crippen MR) is 110 cm³/mol. The molecule has 2 heterocycles. The minimum Gasteiger partial charge on any atom is -0.489 e. The minimum absolute atomic E-state index is 0.0464. The second-order valence-corrected chi connectivity index (χ2v) is 7.44. The standard InChI is InChI=1S/C20H17Cl2N5O2/c1-11-18(12(2)28)19(27-20(23-11)24-25-26-27)13-6-8-14(9-7-13)29-10-15-16(21)4-3-5-17(15)22/h3-9,19H,10H2,1-2H3,(H,23,24,26). The van der Waals surface area contributed by atoms with Gasteiger partial charge in [-0.15, -0.1) is 0 Å². The average molecular weight is 430 g/mol. The molecule has 4 rings (SSSR count). The molecule has 0 saturated heterocycles. The zero-order chi connectivity index (χ0) is 20.5. The normalized spacial score (nSPS) is 15.7. The molecule has 29 heavy (non-hydrogen) atoms. The summed E-state index contributed by atoms with van der Waals surface area (Å²) < 4.78 is 7.44. The molecule has 2 aromatic carbocycles. The highest BCUT2D eigenvalue weighted by molar-refractivity contribution is 6.35. The third kappa shape index (κ3) is 3.71. The van der Waals surface area contributed by atoms with Gasteiger partial charge in [0.25, 0.3) is 0 Å². The van der Waals surface area contributed by atoms with E-state index in [0.717, 1.165) is 16.8 Å². The first-order valence-electron chi connectivity index (χ1n) is 8.88. The number of Topliss-reactive ketones (excluding diaryl/α,β-unsaturated/α-hetero) is 1. The highest BCUT2D eigenvalue weighted by Gasteiger charge is 2.32. The van der Waals surface area contributed by atoms with E-state index in [-0.39, 0.29) is 12.4 Å². The van der Waals surface area contributed by atoms with Gasteiger partial charge in [-0.05, 0) is 54.1 Å². The average Bonchev–Trinajstić information content (AvgIpc) is 3.15. The predicted octanol–water partition coefficient (Wildman–Crippen LogP) is 4.44. The number of anilines is 1. The SMILES string of the molecule is CC(=O)C1=C(C)Nc2nnnn2C1c1ccc(OCc2c(Cl)cccc2Cl)cc1. The Morgan fingerprint density at radius 3 is 2.52 bits per heavy atom. The number of fused-ring (bicyclic) bond motifs is 1. The van der Waals surface area contributed by atoms with Crippen molar-refractivity contribution < 1.29 is 9.53 Å². The number of nitrogens with one attached hydrogen (secondary N) is 1. The molecule has 0 radical (unpaired) electrons. The second kappa shape index (κ2) is 7.85. The van der Waals surface area contributed by atoms with Crippen LogP contribution in [0.15, 0.2) is 53.7 Å². The van der Waals surface area contributed by atoms with Crippen LogP contribution in [-0.2, 0) is 11.4 Å². The highest BCUT2D eigenvalue weighted by Crippen LogP contribution is 2.35. The summed E-state index contributed by atoms with van der Waals surface area (Å²) in [4.78, 5) is 12.3. The number of aromatic nitrogens is 4. The summed E-state index contributed by atoms with van der Waals surface area (Å²) in [6.45, 7) is 3.63. The number of nitrogens with zero attached hydrogens (tertiary/aromatic N) is 4. The van der Waals surface area contributed by atoms with Crippen LogP contribution in [0, 0.1) is 0 Å². The van der Waals surface area contributed by atoms with E-state index in [1.807, 2.05) is 31.2 Å². The maximum absolute atomic E-state index is 12.3. The van der Waals surface area contributed by atoms with Crippen LogP contribution in [0.4, 0.5) is 5.95 Å². The first-order valence-corrected chi connectivity index (χ1v) is 9.63. The number of rotatable bonds is 5. The lowest BCUT2D eigenvalue weighted by Gasteiger charge is -2.27. The number of hydrogen-bond donors (Lipinski definition) is 1. The Morgan fingerprint density at radius 2 is 1.86 bits per heavy atom. The van der Waals surface area contributed by atoms with Gasteiger partial charge in [0.1, 0.15) is 18.4 Å². The van der Waals surface area contributed by atoms with Crippen molar-refractivity contribution in [3.63, 3.8) is 0 Å². The number of ketones is 1. The molecule has 0 aliphatic carbocycles. The van der Waals surface area contributed by atoms with Gasteiger partial charge in [-0.2, -0.15) is 4.68 Å². The van der Waals surface area contributed by atoms with Crippen LogP contribution in [0.2, 0.25) is 10.0 Å². The van der Waals surface area contributed by atoms with E-state index in [0.29, 0.717) is 27.3 Å². The Labute approximate surface area is 177 Å². The largest absolute Gasteiger partial charge is 0.489 e. The number of hydrogen-bond acceptors (Lipinski definition) is 6. The lowest BCUT2D eigenvalue weighted by atomic mass is 9.93. The van der Waals surface area contributed by atoms with Gasteiger partial charge in [0.15, 0.2) is 5.78 Å². The summed E-state index contributed by atoms with van der Waals surface area (Å²) in [6, 6.07) is 12.4. The quantitative estimate of drug-likeness (QED) is 0.645. The molecule has 0 fully saturated rings. The molecule has 1 atom stereocenters. The van der Waals surface area contributed by atoms with Crippen molar-refractivity contribution in [1.82, 2.24) is 20.2 Å². The highest BCUT2D eigenvalue weighted by atomic mass is 35.5. The number of ether oxygens (including phenoxy) is 1. The Balaban J connectivity index is 1.60. The van der Waals surface area contributed by atoms with Crippen molar-refractivity contribution in [2.24, 2.45) is 0 Å². The van der Waals surface area contributed by atoms with Crippen LogP contribution in [0.1, 0.15) is 31.0 Å². The lowest BCUT2D eigenvalue weighted by molar-refractivity contribution is -0.114. The van der Waals surface area contributed by atoms with Crippen molar-refractivity contribution >= 4 is 34.9 Å². The summed E-state index contributed by atoms with van der Waals surface area (Å²) in [5, 5.41) is 15.9. The summed E-state index contributed by atoms with van der Waals surface area (Å²) in [7, 11) is 0. The monoisotopic (exact) mass is 429 g/mol. The van der Waals surface area contributed by atoms with Gasteiger partial charge >= 0.3 is 0 Å². The van der Waals surface area contributed by atoms with E-state index >= 15 is 0 Å². The first kappa shape index (κ1) is 19.4. The molecule has 1 aromatic heterocycles. The maximum atomic E-state index is 12.3. The minimum atomic E-state index is -0.411. The molecule has 0 saturated carbocycles. The van der Waals surface area contributed by atoms with Crippen molar-refractivity contribution in [3.8, 4) is 5.75 Å². The number of tetrazole rings is 1. The van der Waals surface area contributed by atoms with Gasteiger partial charge < -0.3 is 10.1 Å².